The Bertz CT molecular complexity index is 1070. The van der Waals surface area contributed by atoms with Crippen molar-refractivity contribution in [3.05, 3.63) is 58.9 Å². The van der Waals surface area contributed by atoms with Crippen LogP contribution in [-0.2, 0) is 0 Å². The number of carbonyl (C=O) groups excluding carboxylic acids is 1. The highest BCUT2D eigenvalue weighted by molar-refractivity contribution is 6.35. The first-order valence-electron chi connectivity index (χ1n) is 11.7. The maximum Gasteiger partial charge on any atom is 0.320 e. The first-order valence-corrected chi connectivity index (χ1v) is 12.1. The van der Waals surface area contributed by atoms with Gasteiger partial charge in [-0.2, -0.15) is 0 Å². The molecular weight excluding hydrogens is 420 g/mol. The predicted octanol–water partition coefficient (Wildman–Crippen LogP) is 7.45. The van der Waals surface area contributed by atoms with Crippen LogP contribution < -0.4 is 10.6 Å². The van der Waals surface area contributed by atoms with E-state index in [1.807, 2.05) is 22.9 Å². The van der Waals surface area contributed by atoms with E-state index in [1.54, 1.807) is 6.20 Å². The molecule has 0 bridgehead atoms. The molecule has 2 amide bonds. The molecule has 2 N–H and O–H groups in total. The van der Waals surface area contributed by atoms with Crippen LogP contribution in [0.2, 0.25) is 5.02 Å². The summed E-state index contributed by atoms with van der Waals surface area (Å²) in [6, 6.07) is 9.95. The molecule has 0 spiro atoms. The molecule has 32 heavy (non-hydrogen) atoms. The van der Waals surface area contributed by atoms with E-state index in [1.165, 1.54) is 12.8 Å². The Morgan fingerprint density at radius 1 is 1.06 bits per heavy atom. The molecule has 5 nitrogen and oxygen atoms in total. The highest BCUT2D eigenvalue weighted by Gasteiger charge is 2.30. The molecule has 2 heterocycles. The molecule has 3 aromatic rings. The van der Waals surface area contributed by atoms with Gasteiger partial charge in [0.15, 0.2) is 0 Å². The largest absolute Gasteiger partial charge is 0.320 e. The van der Waals surface area contributed by atoms with Crippen LogP contribution in [-0.4, -0.2) is 15.6 Å². The summed E-state index contributed by atoms with van der Waals surface area (Å²) in [6.07, 6.45) is 8.00. The predicted molar refractivity (Wildman–Crippen MR) is 133 cm³/mol. The summed E-state index contributed by atoms with van der Waals surface area (Å²) in [4.78, 5) is 17.9. The number of hydrogen-bond acceptors (Lipinski definition) is 2. The topological polar surface area (TPSA) is 59.0 Å². The number of aromatic nitrogens is 2. The van der Waals surface area contributed by atoms with Gasteiger partial charge in [0.25, 0.3) is 0 Å². The number of amides is 2. The summed E-state index contributed by atoms with van der Waals surface area (Å²) < 4.78 is 2.05. The summed E-state index contributed by atoms with van der Waals surface area (Å²) in [5.74, 6) is 0.969. The first kappa shape index (κ1) is 22.7. The van der Waals surface area contributed by atoms with E-state index >= 15 is 0 Å². The summed E-state index contributed by atoms with van der Waals surface area (Å²) in [6.45, 7) is 8.62. The van der Waals surface area contributed by atoms with Gasteiger partial charge in [-0.15, -0.1) is 0 Å². The normalized spacial score (nSPS) is 15.6. The zero-order valence-corrected chi connectivity index (χ0v) is 20.1. The van der Waals surface area contributed by atoms with E-state index in [0.717, 1.165) is 40.7 Å². The zero-order valence-electron chi connectivity index (χ0n) is 19.4. The van der Waals surface area contributed by atoms with Gasteiger partial charge in [0.1, 0.15) is 11.8 Å². The van der Waals surface area contributed by atoms with E-state index in [9.17, 15) is 4.79 Å². The van der Waals surface area contributed by atoms with Gasteiger partial charge in [0.05, 0.1) is 5.02 Å². The van der Waals surface area contributed by atoms with Gasteiger partial charge in [0.2, 0.25) is 0 Å². The number of carbonyl (C=O) groups is 1. The van der Waals surface area contributed by atoms with Crippen LogP contribution in [0.15, 0.2) is 42.7 Å². The molecule has 1 fully saturated rings. The standard InChI is InChI=1S/C26H33ClN4O/c1-16(2)19-11-7-12-20(17(3)4)23(19)29-26(32)30-24(18-9-5-6-10-18)31-15-22(27)21-13-8-14-28-25(21)31/h7-8,11-18,24H,5-6,9-10H2,1-4H3,(H2,29,30,32). The van der Waals surface area contributed by atoms with Crippen molar-refractivity contribution >= 4 is 34.4 Å². The monoisotopic (exact) mass is 452 g/mol. The zero-order chi connectivity index (χ0) is 22.8. The molecule has 1 aliphatic rings. The van der Waals surface area contributed by atoms with E-state index in [4.69, 9.17) is 11.6 Å². The molecule has 1 atom stereocenters. The van der Waals surface area contributed by atoms with Crippen molar-refractivity contribution in [3.63, 3.8) is 0 Å². The maximum absolute atomic E-state index is 13.4. The number of rotatable bonds is 6. The molecule has 1 saturated carbocycles. The number of halogens is 1. The van der Waals surface area contributed by atoms with Crippen LogP contribution >= 0.6 is 11.6 Å². The molecule has 0 saturated heterocycles. The smallest absolute Gasteiger partial charge is 0.317 e. The molecule has 1 aliphatic carbocycles. The lowest BCUT2D eigenvalue weighted by molar-refractivity contribution is 0.229. The van der Waals surface area contributed by atoms with Crippen LogP contribution in [0.5, 0.6) is 0 Å². The fourth-order valence-electron chi connectivity index (χ4n) is 4.92. The van der Waals surface area contributed by atoms with Crippen molar-refractivity contribution in [3.8, 4) is 0 Å². The first-order chi connectivity index (χ1) is 15.4. The quantitative estimate of drug-likeness (QED) is 0.408. The van der Waals surface area contributed by atoms with Crippen LogP contribution in [0.1, 0.15) is 82.5 Å². The lowest BCUT2D eigenvalue weighted by atomic mass is 9.93. The van der Waals surface area contributed by atoms with Crippen molar-refractivity contribution in [1.82, 2.24) is 14.9 Å². The van der Waals surface area contributed by atoms with Crippen molar-refractivity contribution in [2.24, 2.45) is 5.92 Å². The number of hydrogen-bond donors (Lipinski definition) is 2. The van der Waals surface area contributed by atoms with E-state index < -0.39 is 0 Å². The van der Waals surface area contributed by atoms with Crippen molar-refractivity contribution in [1.29, 1.82) is 0 Å². The third-order valence-corrected chi connectivity index (χ3v) is 6.88. The molecule has 0 radical (unpaired) electrons. The minimum Gasteiger partial charge on any atom is -0.317 e. The van der Waals surface area contributed by atoms with Crippen molar-refractivity contribution in [2.75, 3.05) is 5.32 Å². The molecule has 0 aliphatic heterocycles. The minimum absolute atomic E-state index is 0.189. The maximum atomic E-state index is 13.4. The average Bonchev–Trinajstić information content (AvgIpc) is 3.41. The summed E-state index contributed by atoms with van der Waals surface area (Å²) in [5, 5.41) is 8.05. The number of anilines is 1. The number of benzene rings is 1. The Balaban J connectivity index is 1.67. The van der Waals surface area contributed by atoms with Crippen LogP contribution in [0.4, 0.5) is 10.5 Å². The number of urea groups is 1. The highest BCUT2D eigenvalue weighted by Crippen LogP contribution is 2.37. The Morgan fingerprint density at radius 3 is 2.34 bits per heavy atom. The molecule has 2 aromatic heterocycles. The van der Waals surface area contributed by atoms with Crippen LogP contribution in [0.3, 0.4) is 0 Å². The summed E-state index contributed by atoms with van der Waals surface area (Å²) in [7, 11) is 0. The van der Waals surface area contributed by atoms with Gasteiger partial charge in [-0.05, 0) is 53.9 Å². The third-order valence-electron chi connectivity index (χ3n) is 6.58. The Labute approximate surface area is 195 Å². The molecule has 170 valence electrons. The molecule has 1 aromatic carbocycles. The second-order valence-electron chi connectivity index (χ2n) is 9.47. The highest BCUT2D eigenvalue weighted by atomic mass is 35.5. The second kappa shape index (κ2) is 9.53. The molecule has 4 rings (SSSR count). The average molecular weight is 453 g/mol. The Kier molecular flexibility index (Phi) is 6.75. The number of pyridine rings is 1. The van der Waals surface area contributed by atoms with Crippen LogP contribution in [0.25, 0.3) is 11.0 Å². The Hall–Kier alpha value is -2.53. The van der Waals surface area contributed by atoms with Gasteiger partial charge < -0.3 is 15.2 Å². The van der Waals surface area contributed by atoms with Gasteiger partial charge >= 0.3 is 6.03 Å². The summed E-state index contributed by atoms with van der Waals surface area (Å²) >= 11 is 6.52. The van der Waals surface area contributed by atoms with Gasteiger partial charge in [-0.25, -0.2) is 9.78 Å². The van der Waals surface area contributed by atoms with Crippen molar-refractivity contribution < 1.29 is 4.79 Å². The second-order valence-corrected chi connectivity index (χ2v) is 9.87. The Morgan fingerprint density at radius 2 is 1.72 bits per heavy atom. The fraction of sp³-hybridized carbons (Fsp3) is 0.462. The molecular formula is C26H33ClN4O. The SMILES string of the molecule is CC(C)c1cccc(C(C)C)c1NC(=O)NC(C1CCCC1)n1cc(Cl)c2cccnc21. The fourth-order valence-corrected chi connectivity index (χ4v) is 5.17. The van der Waals surface area contributed by atoms with Crippen LogP contribution in [0, 0.1) is 5.92 Å². The van der Waals surface area contributed by atoms with Gasteiger partial charge in [-0.1, -0.05) is 70.3 Å². The lowest BCUT2D eigenvalue weighted by Crippen LogP contribution is -2.39. The van der Waals surface area contributed by atoms with Gasteiger partial charge in [-0.3, -0.25) is 0 Å². The van der Waals surface area contributed by atoms with Crippen molar-refractivity contribution in [2.45, 2.75) is 71.4 Å². The number of nitrogens with one attached hydrogen (secondary N) is 2. The van der Waals surface area contributed by atoms with Gasteiger partial charge in [0, 0.05) is 23.5 Å². The van der Waals surface area contributed by atoms with E-state index in [-0.39, 0.29) is 12.2 Å². The third kappa shape index (κ3) is 4.49. The van der Waals surface area contributed by atoms with E-state index in [0.29, 0.717) is 22.8 Å². The number of fused-ring (bicyclic) bond motifs is 1. The molecule has 6 heteroatoms. The number of nitrogens with zero attached hydrogens (tertiary/aromatic N) is 2. The summed E-state index contributed by atoms with van der Waals surface area (Å²) in [5.41, 5.74) is 4.04. The lowest BCUT2D eigenvalue weighted by Gasteiger charge is -2.28. The van der Waals surface area contributed by atoms with E-state index in [2.05, 4.69) is 61.5 Å². The number of para-hydroxylation sites is 1. The minimum atomic E-state index is -0.198. The molecule has 1 unspecified atom stereocenters.